The Kier molecular flexibility index (Phi) is 9.92. The van der Waals surface area contributed by atoms with Crippen molar-refractivity contribution < 1.29 is 40.4 Å². The molecular formula is C34H33F5N4O4. The number of nitrogens with one attached hydrogen (secondary N) is 1. The van der Waals surface area contributed by atoms with Gasteiger partial charge in [-0.05, 0) is 61.7 Å². The van der Waals surface area contributed by atoms with Gasteiger partial charge < -0.3 is 19.1 Å². The van der Waals surface area contributed by atoms with Crippen LogP contribution < -0.4 is 5.32 Å². The molecular weight excluding hydrogens is 623 g/mol. The fourth-order valence-corrected chi connectivity index (χ4v) is 5.17. The van der Waals surface area contributed by atoms with Crippen LogP contribution in [-0.2, 0) is 12.5 Å². The largest absolute Gasteiger partial charge is 0.463 e. The third kappa shape index (κ3) is 7.61. The minimum atomic E-state index is -5.81. The highest BCUT2D eigenvalue weighted by molar-refractivity contribution is 5.97. The maximum Gasteiger partial charge on any atom is 0.463 e. The number of oxazole rings is 2. The molecule has 3 aromatic carbocycles. The molecule has 6 rings (SSSR count). The van der Waals surface area contributed by atoms with E-state index in [2.05, 4.69) is 19.7 Å². The van der Waals surface area contributed by atoms with E-state index in [4.69, 9.17) is 4.42 Å². The molecule has 0 saturated heterocycles. The lowest BCUT2D eigenvalue weighted by molar-refractivity contribution is -0.297. The van der Waals surface area contributed by atoms with Gasteiger partial charge in [-0.2, -0.15) is 22.0 Å². The summed E-state index contributed by atoms with van der Waals surface area (Å²) in [5.41, 5.74) is 2.83. The zero-order chi connectivity index (χ0) is 33.8. The normalized spacial score (nSPS) is 14.1. The van der Waals surface area contributed by atoms with Gasteiger partial charge in [0.1, 0.15) is 11.0 Å². The Hall–Kier alpha value is -4.81. The molecule has 2 aromatic heterocycles. The molecule has 5 aromatic rings. The third-order valence-corrected chi connectivity index (χ3v) is 8.00. The van der Waals surface area contributed by atoms with Crippen LogP contribution in [0.5, 0.6) is 0 Å². The number of carbonyl (C=O) groups excluding carboxylic acids is 2. The quantitative estimate of drug-likeness (QED) is 0.177. The predicted octanol–water partition coefficient (Wildman–Crippen LogP) is 8.38. The molecule has 8 nitrogen and oxygen atoms in total. The van der Waals surface area contributed by atoms with Crippen LogP contribution >= 0.6 is 0 Å². The lowest BCUT2D eigenvalue weighted by Crippen LogP contribution is -2.33. The number of alkyl halides is 5. The molecule has 13 heteroatoms. The molecule has 0 unspecified atom stereocenters. The van der Waals surface area contributed by atoms with Gasteiger partial charge >= 0.3 is 12.1 Å². The van der Waals surface area contributed by atoms with E-state index in [1.165, 1.54) is 37.3 Å². The van der Waals surface area contributed by atoms with Gasteiger partial charge in [0, 0.05) is 37.2 Å². The first kappa shape index (κ1) is 33.6. The first-order chi connectivity index (χ1) is 22.4. The first-order valence-corrected chi connectivity index (χ1v) is 15.2. The lowest BCUT2D eigenvalue weighted by Gasteiger charge is -2.17. The molecule has 1 fully saturated rings. The van der Waals surface area contributed by atoms with Crippen LogP contribution in [0, 0.1) is 0 Å². The average Bonchev–Trinajstić information content (AvgIpc) is 3.71. The maximum atomic E-state index is 13.2. The van der Waals surface area contributed by atoms with Crippen molar-refractivity contribution in [3.8, 4) is 0 Å². The summed E-state index contributed by atoms with van der Waals surface area (Å²) in [5, 5.41) is 2.95. The number of hydrogen-bond donors (Lipinski definition) is 1. The molecule has 2 heterocycles. The van der Waals surface area contributed by atoms with Crippen molar-refractivity contribution in [3.63, 3.8) is 0 Å². The average molecular weight is 657 g/mol. The monoisotopic (exact) mass is 656 g/mol. The smallest absolute Gasteiger partial charge is 0.440 e. The van der Waals surface area contributed by atoms with E-state index < -0.39 is 23.9 Å². The highest BCUT2D eigenvalue weighted by Crippen LogP contribution is 2.44. The molecule has 1 aliphatic carbocycles. The van der Waals surface area contributed by atoms with E-state index in [1.54, 1.807) is 13.0 Å². The number of carbonyl (C=O) groups is 2. The van der Waals surface area contributed by atoms with Gasteiger partial charge in [0.05, 0.1) is 0 Å². The molecule has 47 heavy (non-hydrogen) atoms. The second kappa shape index (κ2) is 13.9. The molecule has 2 amide bonds. The standard InChI is InChI=1S/C21H22N2O2.C13H11F5N2O2/c24-20(22-14-15-7-3-1-4-8-15)17-11-12-18-19(13-17)25-21(23-18)16-9-5-2-6-10-16;1-3-20(2)10(21)7-4-5-8-9(6-7)22-11(19-8)12(14,15)13(16,17)18/h1,3-4,7-8,11-13,16H,2,5-6,9-10,14H2,(H,22,24);4-6H,3H2,1-2H3. The zero-order valence-corrected chi connectivity index (χ0v) is 25.7. The van der Waals surface area contributed by atoms with Crippen molar-refractivity contribution >= 4 is 34.0 Å². The summed E-state index contributed by atoms with van der Waals surface area (Å²) in [6.07, 6.45) is 0.291. The molecule has 0 bridgehead atoms. The van der Waals surface area contributed by atoms with Crippen LogP contribution in [0.1, 0.15) is 83.0 Å². The minimum Gasteiger partial charge on any atom is -0.440 e. The van der Waals surface area contributed by atoms with Crippen LogP contribution in [0.15, 0.2) is 75.6 Å². The predicted molar refractivity (Wildman–Crippen MR) is 164 cm³/mol. The number of fused-ring (bicyclic) bond motifs is 2. The second-order valence-corrected chi connectivity index (χ2v) is 11.3. The molecule has 1 N–H and O–H groups in total. The number of nitrogens with zero attached hydrogens (tertiary/aromatic N) is 3. The summed E-state index contributed by atoms with van der Waals surface area (Å²) >= 11 is 0. The van der Waals surface area contributed by atoms with Gasteiger partial charge in [-0.15, -0.1) is 0 Å². The third-order valence-electron chi connectivity index (χ3n) is 8.00. The van der Waals surface area contributed by atoms with Gasteiger partial charge in [-0.1, -0.05) is 49.6 Å². The SMILES string of the molecule is CCN(C)C(=O)c1ccc2nc(C(F)(F)C(F)(F)F)oc2c1.O=C(NCc1ccccc1)c1ccc2nc(C3CCCCC3)oc2c1. The van der Waals surface area contributed by atoms with Gasteiger partial charge in [0.15, 0.2) is 17.1 Å². The highest BCUT2D eigenvalue weighted by atomic mass is 19.4. The van der Waals surface area contributed by atoms with Gasteiger partial charge in [0.25, 0.3) is 17.7 Å². The Morgan fingerprint density at radius 2 is 1.47 bits per heavy atom. The number of hydrogen-bond acceptors (Lipinski definition) is 6. The molecule has 0 spiro atoms. The number of halogens is 5. The van der Waals surface area contributed by atoms with E-state index in [-0.39, 0.29) is 22.6 Å². The minimum absolute atomic E-state index is 0.0960. The van der Waals surface area contributed by atoms with Gasteiger partial charge in [0.2, 0.25) is 0 Å². The number of amides is 2. The Labute approximate surface area is 267 Å². The summed E-state index contributed by atoms with van der Waals surface area (Å²) in [6, 6.07) is 18.9. The van der Waals surface area contributed by atoms with E-state index >= 15 is 0 Å². The summed E-state index contributed by atoms with van der Waals surface area (Å²) in [4.78, 5) is 33.5. The van der Waals surface area contributed by atoms with E-state index in [9.17, 15) is 31.5 Å². The van der Waals surface area contributed by atoms with E-state index in [1.807, 2.05) is 42.5 Å². The first-order valence-electron chi connectivity index (χ1n) is 15.2. The maximum absolute atomic E-state index is 13.2. The summed E-state index contributed by atoms with van der Waals surface area (Å²) in [6.45, 7) is 2.65. The van der Waals surface area contributed by atoms with Gasteiger partial charge in [-0.25, -0.2) is 9.97 Å². The van der Waals surface area contributed by atoms with E-state index in [0.717, 1.165) is 41.9 Å². The number of aromatic nitrogens is 2. The Morgan fingerprint density at radius 1 is 0.851 bits per heavy atom. The molecule has 248 valence electrons. The summed E-state index contributed by atoms with van der Waals surface area (Å²) < 4.78 is 73.7. The van der Waals surface area contributed by atoms with Crippen molar-refractivity contribution in [2.24, 2.45) is 0 Å². The van der Waals surface area contributed by atoms with Crippen molar-refractivity contribution in [1.29, 1.82) is 0 Å². The molecule has 0 radical (unpaired) electrons. The molecule has 0 aliphatic heterocycles. The van der Waals surface area contributed by atoms with Crippen molar-refractivity contribution in [2.45, 2.75) is 63.6 Å². The summed E-state index contributed by atoms with van der Waals surface area (Å²) in [5.74, 6) is -6.20. The van der Waals surface area contributed by atoms with Crippen LogP contribution in [-0.4, -0.2) is 46.5 Å². The Balaban J connectivity index is 0.000000186. The molecule has 0 atom stereocenters. The van der Waals surface area contributed by atoms with Crippen LogP contribution in [0.25, 0.3) is 22.2 Å². The fourth-order valence-electron chi connectivity index (χ4n) is 5.17. The van der Waals surface area contributed by atoms with Crippen LogP contribution in [0.4, 0.5) is 22.0 Å². The second-order valence-electron chi connectivity index (χ2n) is 11.3. The van der Waals surface area contributed by atoms with Gasteiger partial charge in [-0.3, -0.25) is 9.59 Å². The Bertz CT molecular complexity index is 1850. The lowest BCUT2D eigenvalue weighted by atomic mass is 9.89. The molecule has 1 aliphatic rings. The fraction of sp³-hybridized carbons (Fsp3) is 0.353. The number of rotatable bonds is 7. The van der Waals surface area contributed by atoms with Crippen molar-refractivity contribution in [1.82, 2.24) is 20.2 Å². The van der Waals surface area contributed by atoms with E-state index in [0.29, 0.717) is 30.2 Å². The topological polar surface area (TPSA) is 101 Å². The van der Waals surface area contributed by atoms with Crippen LogP contribution in [0.2, 0.25) is 0 Å². The van der Waals surface area contributed by atoms with Crippen LogP contribution in [0.3, 0.4) is 0 Å². The zero-order valence-electron chi connectivity index (χ0n) is 25.7. The molecule has 1 saturated carbocycles. The summed E-state index contributed by atoms with van der Waals surface area (Å²) in [7, 11) is 1.52. The highest BCUT2D eigenvalue weighted by Gasteiger charge is 2.62. The Morgan fingerprint density at radius 3 is 2.13 bits per heavy atom. The number of benzene rings is 3. The van der Waals surface area contributed by atoms with Crippen molar-refractivity contribution in [3.05, 3.63) is 95.2 Å². The van der Waals surface area contributed by atoms with Crippen molar-refractivity contribution in [2.75, 3.05) is 13.6 Å².